The molecule has 0 aromatic heterocycles. The summed E-state index contributed by atoms with van der Waals surface area (Å²) in [4.78, 5) is 11.4. The molecule has 1 N–H and O–H groups in total. The Balaban J connectivity index is 2.38. The van der Waals surface area contributed by atoms with Gasteiger partial charge in [0.25, 0.3) is 0 Å². The quantitative estimate of drug-likeness (QED) is 0.788. The third-order valence-corrected chi connectivity index (χ3v) is 2.96. The second-order valence-corrected chi connectivity index (χ2v) is 4.10. The molecule has 0 radical (unpaired) electrons. The summed E-state index contributed by atoms with van der Waals surface area (Å²) in [7, 11) is 1.22. The number of fused-ring (bicyclic) bond motifs is 1. The van der Waals surface area contributed by atoms with E-state index in [1.165, 1.54) is 13.2 Å². The zero-order chi connectivity index (χ0) is 13.3. The average molecular weight is 259 g/mol. The van der Waals surface area contributed by atoms with Crippen molar-refractivity contribution >= 4 is 11.7 Å². The van der Waals surface area contributed by atoms with Crippen LogP contribution in [0.2, 0.25) is 0 Å². The second-order valence-electron chi connectivity index (χ2n) is 4.10. The predicted molar refractivity (Wildman–Crippen MR) is 59.2 cm³/mol. The first kappa shape index (κ1) is 12.7. The third-order valence-electron chi connectivity index (χ3n) is 2.96. The first-order valence-corrected chi connectivity index (χ1v) is 5.47. The molecule has 0 saturated heterocycles. The minimum Gasteiger partial charge on any atom is -0.467 e. The van der Waals surface area contributed by atoms with E-state index in [1.807, 2.05) is 0 Å². The number of nitrogens with one attached hydrogen (secondary N) is 1. The van der Waals surface area contributed by atoms with Crippen molar-refractivity contribution in [2.24, 2.45) is 0 Å². The highest BCUT2D eigenvalue weighted by Crippen LogP contribution is 2.39. The number of rotatable bonds is 1. The minimum atomic E-state index is -4.43. The van der Waals surface area contributed by atoms with E-state index in [0.717, 1.165) is 6.07 Å². The van der Waals surface area contributed by atoms with Crippen molar-refractivity contribution in [3.8, 4) is 0 Å². The summed E-state index contributed by atoms with van der Waals surface area (Å²) in [5.74, 6) is -0.544. The molecule has 3 nitrogen and oxygen atoms in total. The van der Waals surface area contributed by atoms with Gasteiger partial charge in [0, 0.05) is 0 Å². The summed E-state index contributed by atoms with van der Waals surface area (Å²) < 4.78 is 43.0. The molecule has 2 rings (SSSR count). The van der Waals surface area contributed by atoms with Gasteiger partial charge in [-0.05, 0) is 24.5 Å². The Morgan fingerprint density at radius 2 is 2.17 bits per heavy atom. The molecule has 1 aliphatic rings. The molecular weight excluding hydrogens is 247 g/mol. The minimum absolute atomic E-state index is 0.00773. The van der Waals surface area contributed by atoms with E-state index in [4.69, 9.17) is 0 Å². The summed E-state index contributed by atoms with van der Waals surface area (Å²) in [6.07, 6.45) is -3.58. The molecule has 1 unspecified atom stereocenters. The molecule has 0 bridgehead atoms. The van der Waals surface area contributed by atoms with Crippen LogP contribution in [0.1, 0.15) is 17.5 Å². The highest BCUT2D eigenvalue weighted by atomic mass is 19.4. The number of benzene rings is 1. The van der Waals surface area contributed by atoms with Gasteiger partial charge < -0.3 is 10.1 Å². The number of esters is 1. The second kappa shape index (κ2) is 4.51. The standard InChI is InChI=1S/C12H12F3NO2/c1-18-11(17)9-6-5-7-3-2-4-8(10(7)16-9)12(13,14)15/h2-4,9,16H,5-6H2,1H3. The van der Waals surface area contributed by atoms with Crippen molar-refractivity contribution in [1.29, 1.82) is 0 Å². The number of ether oxygens (including phenoxy) is 1. The Labute approximate surface area is 102 Å². The molecule has 1 aromatic rings. The first-order valence-electron chi connectivity index (χ1n) is 5.47. The molecule has 18 heavy (non-hydrogen) atoms. The van der Waals surface area contributed by atoms with Gasteiger partial charge in [0.1, 0.15) is 6.04 Å². The fraction of sp³-hybridized carbons (Fsp3) is 0.417. The van der Waals surface area contributed by atoms with Crippen LogP contribution in [0.4, 0.5) is 18.9 Å². The van der Waals surface area contributed by atoms with Crippen LogP contribution >= 0.6 is 0 Å². The molecular formula is C12H12F3NO2. The van der Waals surface area contributed by atoms with Gasteiger partial charge in [0.05, 0.1) is 18.4 Å². The Morgan fingerprint density at radius 3 is 2.78 bits per heavy atom. The van der Waals surface area contributed by atoms with Gasteiger partial charge in [-0.25, -0.2) is 4.79 Å². The fourth-order valence-electron chi connectivity index (χ4n) is 2.08. The number of hydrogen-bond acceptors (Lipinski definition) is 3. The maximum Gasteiger partial charge on any atom is 0.418 e. The molecule has 6 heteroatoms. The normalized spacial score (nSPS) is 18.8. The molecule has 0 saturated carbocycles. The van der Waals surface area contributed by atoms with Crippen LogP contribution in [0.15, 0.2) is 18.2 Å². The van der Waals surface area contributed by atoms with Gasteiger partial charge in [-0.15, -0.1) is 0 Å². The number of methoxy groups -OCH3 is 1. The summed E-state index contributed by atoms with van der Waals surface area (Å²) in [5, 5.41) is 2.63. The Kier molecular flexibility index (Phi) is 3.19. The van der Waals surface area contributed by atoms with E-state index < -0.39 is 23.8 Å². The number of halogens is 3. The number of carbonyl (C=O) groups excluding carboxylic acids is 1. The van der Waals surface area contributed by atoms with Crippen LogP contribution in [-0.4, -0.2) is 19.1 Å². The van der Waals surface area contributed by atoms with E-state index in [0.29, 0.717) is 18.4 Å². The van der Waals surface area contributed by atoms with E-state index in [2.05, 4.69) is 10.1 Å². The molecule has 0 spiro atoms. The van der Waals surface area contributed by atoms with Crippen molar-refractivity contribution in [2.75, 3.05) is 12.4 Å². The average Bonchev–Trinajstić information content (AvgIpc) is 2.35. The van der Waals surface area contributed by atoms with Crippen LogP contribution in [0, 0.1) is 0 Å². The summed E-state index contributed by atoms with van der Waals surface area (Å²) in [5.41, 5.74) is -0.176. The lowest BCUT2D eigenvalue weighted by Crippen LogP contribution is -2.35. The van der Waals surface area contributed by atoms with Crippen molar-refractivity contribution < 1.29 is 22.7 Å². The SMILES string of the molecule is COC(=O)C1CCc2cccc(C(F)(F)F)c2N1. The Hall–Kier alpha value is -1.72. The molecule has 0 fully saturated rings. The number of para-hydroxylation sites is 1. The summed E-state index contributed by atoms with van der Waals surface area (Å²) >= 11 is 0. The first-order chi connectivity index (χ1) is 8.43. The zero-order valence-corrected chi connectivity index (χ0v) is 9.67. The zero-order valence-electron chi connectivity index (χ0n) is 9.67. The highest BCUT2D eigenvalue weighted by molar-refractivity contribution is 5.81. The number of anilines is 1. The van der Waals surface area contributed by atoms with E-state index >= 15 is 0 Å². The van der Waals surface area contributed by atoms with Crippen molar-refractivity contribution in [3.05, 3.63) is 29.3 Å². The topological polar surface area (TPSA) is 38.3 Å². The molecule has 0 amide bonds. The fourth-order valence-corrected chi connectivity index (χ4v) is 2.08. The van der Waals surface area contributed by atoms with Crippen molar-refractivity contribution in [2.45, 2.75) is 25.1 Å². The molecule has 1 aromatic carbocycles. The van der Waals surface area contributed by atoms with Gasteiger partial charge in [0.15, 0.2) is 0 Å². The Bertz CT molecular complexity index is 471. The molecule has 0 aliphatic carbocycles. The van der Waals surface area contributed by atoms with Gasteiger partial charge in [-0.3, -0.25) is 0 Å². The maximum atomic E-state index is 12.8. The number of carbonyl (C=O) groups is 1. The van der Waals surface area contributed by atoms with Gasteiger partial charge in [-0.2, -0.15) is 13.2 Å². The largest absolute Gasteiger partial charge is 0.467 e. The van der Waals surface area contributed by atoms with Crippen LogP contribution < -0.4 is 5.32 Å². The monoisotopic (exact) mass is 259 g/mol. The molecule has 1 aliphatic heterocycles. The van der Waals surface area contributed by atoms with E-state index in [-0.39, 0.29) is 5.69 Å². The number of aryl methyl sites for hydroxylation is 1. The smallest absolute Gasteiger partial charge is 0.418 e. The summed E-state index contributed by atoms with van der Waals surface area (Å²) in [6, 6.07) is 3.30. The van der Waals surface area contributed by atoms with Crippen LogP contribution in [0.25, 0.3) is 0 Å². The lowest BCUT2D eigenvalue weighted by molar-refractivity contribution is -0.142. The summed E-state index contributed by atoms with van der Waals surface area (Å²) in [6.45, 7) is 0. The van der Waals surface area contributed by atoms with E-state index in [9.17, 15) is 18.0 Å². The van der Waals surface area contributed by atoms with Crippen LogP contribution in [-0.2, 0) is 22.1 Å². The van der Waals surface area contributed by atoms with Crippen LogP contribution in [0.3, 0.4) is 0 Å². The van der Waals surface area contributed by atoms with Crippen LogP contribution in [0.5, 0.6) is 0 Å². The number of hydrogen-bond donors (Lipinski definition) is 1. The van der Waals surface area contributed by atoms with Crippen molar-refractivity contribution in [1.82, 2.24) is 0 Å². The maximum absolute atomic E-state index is 12.8. The Morgan fingerprint density at radius 1 is 1.44 bits per heavy atom. The molecule has 1 atom stereocenters. The lowest BCUT2D eigenvalue weighted by Gasteiger charge is -2.27. The highest BCUT2D eigenvalue weighted by Gasteiger charge is 2.37. The molecule has 1 heterocycles. The molecule has 98 valence electrons. The van der Waals surface area contributed by atoms with Gasteiger partial charge >= 0.3 is 12.1 Å². The predicted octanol–water partition coefficient (Wildman–Crippen LogP) is 2.61. The van der Waals surface area contributed by atoms with Gasteiger partial charge in [-0.1, -0.05) is 12.1 Å². The lowest BCUT2D eigenvalue weighted by atomic mass is 9.95. The number of alkyl halides is 3. The van der Waals surface area contributed by atoms with Gasteiger partial charge in [0.2, 0.25) is 0 Å². The van der Waals surface area contributed by atoms with Crippen molar-refractivity contribution in [3.63, 3.8) is 0 Å². The van der Waals surface area contributed by atoms with E-state index in [1.54, 1.807) is 6.07 Å². The third kappa shape index (κ3) is 2.27.